The van der Waals surface area contributed by atoms with Gasteiger partial charge in [0.2, 0.25) is 10.0 Å². The number of nitrogens with zero attached hydrogens (tertiary/aromatic N) is 3. The minimum Gasteiger partial charge on any atom is -0.339 e. The van der Waals surface area contributed by atoms with Crippen LogP contribution >= 0.6 is 11.3 Å². The second-order valence-corrected chi connectivity index (χ2v) is 12.9. The molecule has 0 aliphatic carbocycles. The summed E-state index contributed by atoms with van der Waals surface area (Å²) in [5.41, 5.74) is 2.00. The summed E-state index contributed by atoms with van der Waals surface area (Å²) >= 11 is 1.47. The van der Waals surface area contributed by atoms with Gasteiger partial charge in [-0.05, 0) is 69.0 Å². The van der Waals surface area contributed by atoms with Crippen molar-refractivity contribution < 1.29 is 18.0 Å². The topological polar surface area (TPSA) is 90.0 Å². The molecule has 0 saturated heterocycles. The van der Waals surface area contributed by atoms with Crippen molar-refractivity contribution in [3.8, 4) is 0 Å². The monoisotopic (exact) mass is 562 g/mol. The number of rotatable bonds is 13. The second kappa shape index (κ2) is 13.7. The molecular weight excluding hydrogens is 520 g/mol. The predicted molar refractivity (Wildman–Crippen MR) is 155 cm³/mol. The molecule has 0 saturated carbocycles. The standard InChI is InChI=1S/C28H42N4O4S2/c1-6-15-31(16-7-2)28(34)25-23-14-19-30(5)20-24(23)37-27(25)29-26(33)21-10-12-22(13-11-21)38(35,36)32(17-8-3)18-9-4/h10-13H,6-9,14-20H2,1-5H3,(H,29,33). The third-order valence-corrected chi connectivity index (χ3v) is 9.71. The largest absolute Gasteiger partial charge is 0.339 e. The fourth-order valence-corrected chi connectivity index (χ4v) is 7.75. The Balaban J connectivity index is 1.89. The van der Waals surface area contributed by atoms with Crippen LogP contribution in [0.1, 0.15) is 84.5 Å². The smallest absolute Gasteiger partial charge is 0.257 e. The lowest BCUT2D eigenvalue weighted by Crippen LogP contribution is -2.34. The van der Waals surface area contributed by atoms with Crippen LogP contribution in [-0.2, 0) is 23.0 Å². The van der Waals surface area contributed by atoms with E-state index in [9.17, 15) is 18.0 Å². The highest BCUT2D eigenvalue weighted by atomic mass is 32.2. The molecule has 3 rings (SSSR count). The Hall–Kier alpha value is -2.27. The normalized spacial score (nSPS) is 13.9. The van der Waals surface area contributed by atoms with E-state index in [1.165, 1.54) is 27.8 Å². The van der Waals surface area contributed by atoms with Crippen LogP contribution in [0.3, 0.4) is 0 Å². The van der Waals surface area contributed by atoms with E-state index < -0.39 is 10.0 Å². The molecule has 8 nitrogen and oxygen atoms in total. The van der Waals surface area contributed by atoms with Crippen molar-refractivity contribution in [3.63, 3.8) is 0 Å². The highest BCUT2D eigenvalue weighted by molar-refractivity contribution is 7.89. The Bertz CT molecular complexity index is 1200. The van der Waals surface area contributed by atoms with Crippen molar-refractivity contribution in [3.05, 3.63) is 45.8 Å². The Labute approximate surface area is 232 Å². The summed E-state index contributed by atoms with van der Waals surface area (Å²) in [5.74, 6) is -0.383. The average molecular weight is 563 g/mol. The maximum atomic E-state index is 13.7. The summed E-state index contributed by atoms with van der Waals surface area (Å²) in [6.45, 7) is 11.9. The van der Waals surface area contributed by atoms with E-state index in [-0.39, 0.29) is 16.7 Å². The summed E-state index contributed by atoms with van der Waals surface area (Å²) in [6, 6.07) is 6.07. The summed E-state index contributed by atoms with van der Waals surface area (Å²) in [4.78, 5) is 32.4. The first-order chi connectivity index (χ1) is 18.2. The number of thiophene rings is 1. The minimum absolute atomic E-state index is 0.0283. The number of hydrogen-bond donors (Lipinski definition) is 1. The summed E-state index contributed by atoms with van der Waals surface area (Å²) in [5, 5.41) is 3.57. The number of carbonyl (C=O) groups is 2. The lowest BCUT2D eigenvalue weighted by Gasteiger charge is -2.25. The van der Waals surface area contributed by atoms with Gasteiger partial charge in [-0.3, -0.25) is 9.59 Å². The van der Waals surface area contributed by atoms with Gasteiger partial charge in [-0.1, -0.05) is 27.7 Å². The van der Waals surface area contributed by atoms with Gasteiger partial charge < -0.3 is 15.1 Å². The zero-order valence-corrected chi connectivity index (χ0v) is 25.0. The maximum absolute atomic E-state index is 13.7. The number of likely N-dealkylation sites (N-methyl/N-ethyl adjacent to an activating group) is 1. The zero-order valence-electron chi connectivity index (χ0n) is 23.4. The molecule has 10 heteroatoms. The third kappa shape index (κ3) is 6.83. The van der Waals surface area contributed by atoms with Crippen molar-refractivity contribution in [2.75, 3.05) is 45.1 Å². The molecule has 0 spiro atoms. The van der Waals surface area contributed by atoms with Gasteiger partial charge in [-0.2, -0.15) is 4.31 Å². The van der Waals surface area contributed by atoms with E-state index in [4.69, 9.17) is 0 Å². The van der Waals surface area contributed by atoms with Gasteiger partial charge >= 0.3 is 0 Å². The van der Waals surface area contributed by atoms with E-state index in [1.54, 1.807) is 12.1 Å². The molecule has 210 valence electrons. The highest BCUT2D eigenvalue weighted by Gasteiger charge is 2.30. The molecule has 0 bridgehead atoms. The van der Waals surface area contributed by atoms with Crippen LogP contribution < -0.4 is 5.32 Å². The molecule has 2 heterocycles. The van der Waals surface area contributed by atoms with Gasteiger partial charge in [-0.15, -0.1) is 11.3 Å². The van der Waals surface area contributed by atoms with E-state index in [2.05, 4.69) is 31.1 Å². The Morgan fingerprint density at radius 2 is 1.53 bits per heavy atom. The van der Waals surface area contributed by atoms with Crippen molar-refractivity contribution in [1.82, 2.24) is 14.1 Å². The number of fused-ring (bicyclic) bond motifs is 1. The van der Waals surface area contributed by atoms with E-state index in [0.29, 0.717) is 42.3 Å². The molecule has 1 aromatic carbocycles. The Kier molecular flexibility index (Phi) is 10.9. The van der Waals surface area contributed by atoms with E-state index in [0.717, 1.165) is 55.6 Å². The number of benzene rings is 1. The lowest BCUT2D eigenvalue weighted by molar-refractivity contribution is 0.0755. The van der Waals surface area contributed by atoms with E-state index in [1.807, 2.05) is 18.7 Å². The summed E-state index contributed by atoms with van der Waals surface area (Å²) in [6.07, 6.45) is 3.96. The van der Waals surface area contributed by atoms with Crippen LogP contribution in [0.2, 0.25) is 0 Å². The first kappa shape index (κ1) is 30.3. The molecule has 0 radical (unpaired) electrons. The molecule has 1 aliphatic heterocycles. The van der Waals surface area contributed by atoms with Crippen molar-refractivity contribution in [1.29, 1.82) is 0 Å². The Morgan fingerprint density at radius 3 is 2.08 bits per heavy atom. The van der Waals surface area contributed by atoms with Crippen LogP contribution in [0.4, 0.5) is 5.00 Å². The van der Waals surface area contributed by atoms with Crippen LogP contribution in [0.25, 0.3) is 0 Å². The van der Waals surface area contributed by atoms with Crippen molar-refractivity contribution in [2.45, 2.75) is 71.2 Å². The molecule has 0 atom stereocenters. The fourth-order valence-electron chi connectivity index (χ4n) is 4.81. The predicted octanol–water partition coefficient (Wildman–Crippen LogP) is 5.06. The minimum atomic E-state index is -3.62. The molecule has 38 heavy (non-hydrogen) atoms. The van der Waals surface area contributed by atoms with Crippen LogP contribution in [0.5, 0.6) is 0 Å². The summed E-state index contributed by atoms with van der Waals surface area (Å²) < 4.78 is 27.7. The first-order valence-electron chi connectivity index (χ1n) is 13.7. The van der Waals surface area contributed by atoms with Gasteiger partial charge in [0.15, 0.2) is 0 Å². The fraction of sp³-hybridized carbons (Fsp3) is 0.571. The van der Waals surface area contributed by atoms with Crippen molar-refractivity contribution >= 4 is 38.2 Å². The number of anilines is 1. The molecule has 1 aliphatic rings. The van der Waals surface area contributed by atoms with Crippen LogP contribution in [0, 0.1) is 0 Å². The quantitative estimate of drug-likeness (QED) is 0.369. The van der Waals surface area contributed by atoms with Gasteiger partial charge in [0.05, 0.1) is 10.5 Å². The first-order valence-corrected chi connectivity index (χ1v) is 16.0. The van der Waals surface area contributed by atoms with Gasteiger partial charge in [0.1, 0.15) is 5.00 Å². The Morgan fingerprint density at radius 1 is 0.947 bits per heavy atom. The van der Waals surface area contributed by atoms with E-state index >= 15 is 0 Å². The number of carbonyl (C=O) groups excluding carboxylic acids is 2. The molecule has 2 aromatic rings. The number of nitrogens with one attached hydrogen (secondary N) is 1. The van der Waals surface area contributed by atoms with Gasteiger partial charge in [0.25, 0.3) is 11.8 Å². The zero-order chi connectivity index (χ0) is 27.9. The van der Waals surface area contributed by atoms with Crippen molar-refractivity contribution in [2.24, 2.45) is 0 Å². The molecule has 2 amide bonds. The maximum Gasteiger partial charge on any atom is 0.257 e. The third-order valence-electron chi connectivity index (χ3n) is 6.66. The SMILES string of the molecule is CCCN(CCC)C(=O)c1c(NC(=O)c2ccc(S(=O)(=O)N(CCC)CCC)cc2)sc2c1CCN(C)C2. The lowest BCUT2D eigenvalue weighted by atomic mass is 10.0. The highest BCUT2D eigenvalue weighted by Crippen LogP contribution is 2.38. The second-order valence-electron chi connectivity index (χ2n) is 9.87. The van der Waals surface area contributed by atoms with Gasteiger partial charge in [0, 0.05) is 49.7 Å². The number of amides is 2. The number of sulfonamides is 1. The van der Waals surface area contributed by atoms with Crippen LogP contribution in [0.15, 0.2) is 29.2 Å². The average Bonchev–Trinajstić information content (AvgIpc) is 3.24. The molecule has 1 N–H and O–H groups in total. The van der Waals surface area contributed by atoms with Crippen LogP contribution in [-0.4, -0.2) is 74.1 Å². The summed E-state index contributed by atoms with van der Waals surface area (Å²) in [7, 11) is -1.57. The molecule has 0 fully saturated rings. The number of hydrogen-bond acceptors (Lipinski definition) is 6. The molecule has 1 aromatic heterocycles. The molecule has 0 unspecified atom stereocenters. The molecular formula is C28H42N4O4S2. The van der Waals surface area contributed by atoms with Gasteiger partial charge in [-0.25, -0.2) is 8.42 Å².